The molecule has 0 aromatic carbocycles. The van der Waals surface area contributed by atoms with Crippen molar-refractivity contribution in [3.05, 3.63) is 0 Å². The van der Waals surface area contributed by atoms with E-state index < -0.39 is 27.8 Å². The van der Waals surface area contributed by atoms with Crippen LogP contribution in [0.4, 0.5) is 0 Å². The summed E-state index contributed by atoms with van der Waals surface area (Å²) in [5.74, 6) is -1.93. The van der Waals surface area contributed by atoms with Crippen LogP contribution in [0.1, 0.15) is 32.6 Å². The second-order valence-corrected chi connectivity index (χ2v) is 7.87. The predicted molar refractivity (Wildman–Crippen MR) is 76.0 cm³/mol. The highest BCUT2D eigenvalue weighted by Crippen LogP contribution is 2.38. The van der Waals surface area contributed by atoms with Crippen LogP contribution in [0, 0.1) is 11.8 Å². The maximum atomic E-state index is 11.9. The summed E-state index contributed by atoms with van der Waals surface area (Å²) in [6, 6.07) is -0.0550. The van der Waals surface area contributed by atoms with Crippen molar-refractivity contribution in [3.63, 3.8) is 0 Å². The smallest absolute Gasteiger partial charge is 0.307 e. The number of aliphatic carboxylic acids is 1. The Morgan fingerprint density at radius 1 is 1.24 bits per heavy atom. The van der Waals surface area contributed by atoms with Gasteiger partial charge in [-0.25, -0.2) is 12.7 Å². The molecule has 120 valence electrons. The molecule has 2 aliphatic rings. The highest BCUT2D eigenvalue weighted by molar-refractivity contribution is 7.89. The Bertz CT molecular complexity index is 511. The number of hydrogen-bond acceptors (Lipinski definition) is 4. The van der Waals surface area contributed by atoms with Crippen LogP contribution in [-0.4, -0.2) is 54.6 Å². The number of carbonyl (C=O) groups is 2. The summed E-state index contributed by atoms with van der Waals surface area (Å²) in [7, 11) is -3.17. The monoisotopic (exact) mass is 318 g/mol. The lowest BCUT2D eigenvalue weighted by atomic mass is 10.1. The van der Waals surface area contributed by atoms with Crippen LogP contribution in [-0.2, 0) is 19.6 Å². The van der Waals surface area contributed by atoms with Crippen LogP contribution in [0.15, 0.2) is 0 Å². The van der Waals surface area contributed by atoms with Crippen LogP contribution < -0.4 is 5.32 Å². The first-order valence-corrected chi connectivity index (χ1v) is 8.97. The van der Waals surface area contributed by atoms with Crippen molar-refractivity contribution in [3.8, 4) is 0 Å². The molecule has 21 heavy (non-hydrogen) atoms. The zero-order valence-electron chi connectivity index (χ0n) is 12.1. The number of nitrogens with one attached hydrogen (secondary N) is 1. The standard InChI is InChI=1S/C13H22N2O5S/c1-2-7-21(19,20)15-5-3-9(4-6-15)14-12(16)10-8-11(10)13(17)18/h9-11H,2-8H2,1H3,(H,14,16)(H,17,18)/t10-,11+/m1/s1. The SMILES string of the molecule is CCCS(=O)(=O)N1CCC(NC(=O)[C@@H]2C[C@@H]2C(=O)O)CC1. The second kappa shape index (κ2) is 6.31. The van der Waals surface area contributed by atoms with Crippen molar-refractivity contribution in [2.75, 3.05) is 18.8 Å². The van der Waals surface area contributed by atoms with E-state index in [0.717, 1.165) is 0 Å². The third kappa shape index (κ3) is 3.94. The lowest BCUT2D eigenvalue weighted by molar-refractivity contribution is -0.140. The summed E-state index contributed by atoms with van der Waals surface area (Å²) < 4.78 is 25.3. The largest absolute Gasteiger partial charge is 0.481 e. The van der Waals surface area contributed by atoms with Gasteiger partial charge in [-0.1, -0.05) is 6.92 Å². The number of carboxylic acid groups (broad SMARTS) is 1. The average molecular weight is 318 g/mol. The molecule has 0 radical (unpaired) electrons. The topological polar surface area (TPSA) is 104 Å². The third-order valence-corrected chi connectivity index (χ3v) is 6.18. The minimum atomic E-state index is -3.17. The molecule has 0 bridgehead atoms. The fourth-order valence-electron chi connectivity index (χ4n) is 2.73. The van der Waals surface area contributed by atoms with Crippen LogP contribution in [0.5, 0.6) is 0 Å². The van der Waals surface area contributed by atoms with Crippen LogP contribution >= 0.6 is 0 Å². The minimum Gasteiger partial charge on any atom is -0.481 e. The number of rotatable bonds is 6. The molecule has 1 amide bonds. The molecule has 1 saturated carbocycles. The maximum absolute atomic E-state index is 11.9. The molecule has 1 aliphatic carbocycles. The lowest BCUT2D eigenvalue weighted by Gasteiger charge is -2.31. The summed E-state index contributed by atoms with van der Waals surface area (Å²) in [5.41, 5.74) is 0. The third-order valence-electron chi connectivity index (χ3n) is 4.10. The highest BCUT2D eigenvalue weighted by Gasteiger charge is 2.48. The van der Waals surface area contributed by atoms with Gasteiger partial charge in [0.1, 0.15) is 0 Å². The first kappa shape index (κ1) is 16.2. The average Bonchev–Trinajstić information content (AvgIpc) is 3.19. The van der Waals surface area contributed by atoms with Gasteiger partial charge < -0.3 is 10.4 Å². The molecule has 1 aliphatic heterocycles. The van der Waals surface area contributed by atoms with Gasteiger partial charge in [0, 0.05) is 19.1 Å². The van der Waals surface area contributed by atoms with E-state index in [9.17, 15) is 18.0 Å². The normalized spacial score (nSPS) is 27.3. The van der Waals surface area contributed by atoms with Crippen molar-refractivity contribution in [2.45, 2.75) is 38.6 Å². The Morgan fingerprint density at radius 2 is 1.86 bits per heavy atom. The van der Waals surface area contributed by atoms with Crippen LogP contribution in [0.3, 0.4) is 0 Å². The summed E-state index contributed by atoms with van der Waals surface area (Å²) in [4.78, 5) is 22.6. The zero-order chi connectivity index (χ0) is 15.6. The number of hydrogen-bond donors (Lipinski definition) is 2. The van der Waals surface area contributed by atoms with E-state index >= 15 is 0 Å². The molecule has 1 heterocycles. The van der Waals surface area contributed by atoms with E-state index in [1.165, 1.54) is 4.31 Å². The van der Waals surface area contributed by atoms with E-state index in [-0.39, 0.29) is 17.7 Å². The van der Waals surface area contributed by atoms with E-state index in [0.29, 0.717) is 38.8 Å². The maximum Gasteiger partial charge on any atom is 0.307 e. The molecule has 2 rings (SSSR count). The second-order valence-electron chi connectivity index (χ2n) is 5.78. The number of nitrogens with zero attached hydrogens (tertiary/aromatic N) is 1. The lowest BCUT2D eigenvalue weighted by Crippen LogP contribution is -2.47. The van der Waals surface area contributed by atoms with E-state index in [4.69, 9.17) is 5.11 Å². The Kier molecular flexibility index (Phi) is 4.88. The summed E-state index contributed by atoms with van der Waals surface area (Å²) in [6.07, 6.45) is 2.17. The van der Waals surface area contributed by atoms with Crippen molar-refractivity contribution in [2.24, 2.45) is 11.8 Å². The van der Waals surface area contributed by atoms with Crippen molar-refractivity contribution < 1.29 is 23.1 Å². The van der Waals surface area contributed by atoms with Crippen molar-refractivity contribution in [1.29, 1.82) is 0 Å². The summed E-state index contributed by atoms with van der Waals surface area (Å²) >= 11 is 0. The quantitative estimate of drug-likeness (QED) is 0.719. The van der Waals surface area contributed by atoms with E-state index in [1.807, 2.05) is 6.92 Å². The molecule has 0 unspecified atom stereocenters. The van der Waals surface area contributed by atoms with Crippen molar-refractivity contribution in [1.82, 2.24) is 9.62 Å². The van der Waals surface area contributed by atoms with E-state index in [1.54, 1.807) is 0 Å². The molecule has 0 aromatic rings. The fourth-order valence-corrected chi connectivity index (χ4v) is 4.27. The van der Waals surface area contributed by atoms with Gasteiger partial charge in [-0.3, -0.25) is 9.59 Å². The zero-order valence-corrected chi connectivity index (χ0v) is 12.9. The highest BCUT2D eigenvalue weighted by atomic mass is 32.2. The Morgan fingerprint density at radius 3 is 2.33 bits per heavy atom. The molecule has 7 nitrogen and oxygen atoms in total. The Hall–Kier alpha value is -1.15. The molecule has 1 saturated heterocycles. The van der Waals surface area contributed by atoms with Gasteiger partial charge in [-0.2, -0.15) is 0 Å². The predicted octanol–water partition coefficient (Wildman–Crippen LogP) is 0.0275. The molecule has 2 N–H and O–H groups in total. The molecule has 0 spiro atoms. The number of piperidine rings is 1. The minimum absolute atomic E-state index is 0.0550. The molecule has 0 aromatic heterocycles. The number of sulfonamides is 1. The summed E-state index contributed by atoms with van der Waals surface area (Å²) in [5, 5.41) is 11.6. The molecule has 2 fully saturated rings. The van der Waals surface area contributed by atoms with E-state index in [2.05, 4.69) is 5.32 Å². The Labute approximate surface area is 124 Å². The number of carboxylic acids is 1. The molecular weight excluding hydrogens is 296 g/mol. The first-order chi connectivity index (χ1) is 9.85. The summed E-state index contributed by atoms with van der Waals surface area (Å²) in [6.45, 7) is 2.67. The van der Waals surface area contributed by atoms with Gasteiger partial charge in [0.2, 0.25) is 15.9 Å². The van der Waals surface area contributed by atoms with Gasteiger partial charge in [0.15, 0.2) is 0 Å². The van der Waals surface area contributed by atoms with Gasteiger partial charge in [-0.15, -0.1) is 0 Å². The molecule has 8 heteroatoms. The number of amides is 1. The molecular formula is C13H22N2O5S. The molecule has 2 atom stereocenters. The van der Waals surface area contributed by atoms with Gasteiger partial charge in [0.25, 0.3) is 0 Å². The van der Waals surface area contributed by atoms with Crippen LogP contribution in [0.25, 0.3) is 0 Å². The van der Waals surface area contributed by atoms with Gasteiger partial charge >= 0.3 is 5.97 Å². The van der Waals surface area contributed by atoms with Gasteiger partial charge in [-0.05, 0) is 25.7 Å². The van der Waals surface area contributed by atoms with Crippen LogP contribution in [0.2, 0.25) is 0 Å². The Balaban J connectivity index is 1.77. The van der Waals surface area contributed by atoms with Gasteiger partial charge in [0.05, 0.1) is 17.6 Å². The first-order valence-electron chi connectivity index (χ1n) is 7.36. The fraction of sp³-hybridized carbons (Fsp3) is 0.846. The van der Waals surface area contributed by atoms with Crippen molar-refractivity contribution >= 4 is 21.9 Å². The number of carbonyl (C=O) groups excluding carboxylic acids is 1.